The van der Waals surface area contributed by atoms with Crippen LogP contribution in [0.15, 0.2) is 58.6 Å². The molecule has 0 bridgehead atoms. The van der Waals surface area contributed by atoms with Crippen molar-refractivity contribution in [2.24, 2.45) is 0 Å². The van der Waals surface area contributed by atoms with Crippen LogP contribution in [0.25, 0.3) is 22.8 Å². The Kier molecular flexibility index (Phi) is 4.57. The number of anilines is 1. The van der Waals surface area contributed by atoms with Crippen LogP contribution in [-0.2, 0) is 11.2 Å². The Bertz CT molecular complexity index is 992. The number of nitrogens with zero attached hydrogens (tertiary/aromatic N) is 3. The Labute approximate surface area is 153 Å². The molecule has 4 aromatic rings. The highest BCUT2D eigenvalue weighted by Crippen LogP contribution is 2.23. The number of benzene rings is 1. The monoisotopic (exact) mass is 365 g/mol. The summed E-state index contributed by atoms with van der Waals surface area (Å²) in [6, 6.07) is 13.4. The lowest BCUT2D eigenvalue weighted by atomic mass is 10.2. The summed E-state index contributed by atoms with van der Waals surface area (Å²) < 4.78 is 5.21. The summed E-state index contributed by atoms with van der Waals surface area (Å²) in [6.07, 6.45) is 2.45. The van der Waals surface area contributed by atoms with Gasteiger partial charge in [-0.25, -0.2) is 4.98 Å². The van der Waals surface area contributed by atoms with E-state index in [1.807, 2.05) is 54.0 Å². The molecule has 0 saturated heterocycles. The summed E-state index contributed by atoms with van der Waals surface area (Å²) >= 11 is 1.38. The molecule has 0 fully saturated rings. The zero-order valence-electron chi connectivity index (χ0n) is 13.7. The van der Waals surface area contributed by atoms with Crippen LogP contribution in [0, 0.1) is 0 Å². The molecule has 0 unspecified atom stereocenters. The van der Waals surface area contributed by atoms with Crippen molar-refractivity contribution in [3.63, 3.8) is 0 Å². The Hall–Kier alpha value is -3.26. The number of aromatic amines is 1. The van der Waals surface area contributed by atoms with Crippen LogP contribution in [-0.4, -0.2) is 26.0 Å². The molecule has 4 rings (SSSR count). The van der Waals surface area contributed by atoms with Gasteiger partial charge in [-0.2, -0.15) is 4.98 Å². The maximum absolute atomic E-state index is 12.1. The summed E-state index contributed by atoms with van der Waals surface area (Å²) in [4.78, 5) is 23.9. The van der Waals surface area contributed by atoms with Crippen molar-refractivity contribution >= 4 is 22.4 Å². The average Bonchev–Trinajstić information content (AvgIpc) is 3.41. The minimum absolute atomic E-state index is 0.142. The largest absolute Gasteiger partial charge is 0.360 e. The van der Waals surface area contributed by atoms with Gasteiger partial charge in [0.2, 0.25) is 17.6 Å². The predicted molar refractivity (Wildman–Crippen MR) is 98.6 cm³/mol. The fourth-order valence-electron chi connectivity index (χ4n) is 2.41. The maximum atomic E-state index is 12.1. The minimum Gasteiger partial charge on any atom is -0.360 e. The third kappa shape index (κ3) is 3.70. The van der Waals surface area contributed by atoms with Crippen molar-refractivity contribution in [3.8, 4) is 22.8 Å². The first kappa shape index (κ1) is 16.2. The standard InChI is InChI=1S/C18H15N5O2S/c24-15(21-18-20-14(11-26-18)13-7-4-10-19-13)8-9-16-22-17(23-25-16)12-5-2-1-3-6-12/h1-7,10-11,19H,8-9H2,(H,20,21,24). The highest BCUT2D eigenvalue weighted by atomic mass is 32.1. The van der Waals surface area contributed by atoms with E-state index < -0.39 is 0 Å². The van der Waals surface area contributed by atoms with Crippen LogP contribution in [0.4, 0.5) is 5.13 Å². The molecule has 1 amide bonds. The van der Waals surface area contributed by atoms with Gasteiger partial charge >= 0.3 is 0 Å². The molecule has 0 atom stereocenters. The molecule has 2 N–H and O–H groups in total. The zero-order valence-corrected chi connectivity index (χ0v) is 14.5. The van der Waals surface area contributed by atoms with Gasteiger partial charge in [0.25, 0.3) is 0 Å². The van der Waals surface area contributed by atoms with Gasteiger partial charge in [-0.3, -0.25) is 4.79 Å². The molecule has 0 radical (unpaired) electrons. The molecule has 3 aromatic heterocycles. The third-order valence-electron chi connectivity index (χ3n) is 3.69. The van der Waals surface area contributed by atoms with E-state index in [0.29, 0.717) is 23.3 Å². The lowest BCUT2D eigenvalue weighted by Crippen LogP contribution is -2.12. The number of hydrogen-bond donors (Lipinski definition) is 2. The first-order valence-electron chi connectivity index (χ1n) is 8.05. The molecule has 0 aliphatic heterocycles. The number of amides is 1. The van der Waals surface area contributed by atoms with Crippen LogP contribution in [0.2, 0.25) is 0 Å². The minimum atomic E-state index is -0.142. The summed E-state index contributed by atoms with van der Waals surface area (Å²) in [7, 11) is 0. The second-order valence-corrected chi connectivity index (χ2v) is 6.41. The van der Waals surface area contributed by atoms with Gasteiger partial charge in [0.1, 0.15) is 0 Å². The van der Waals surface area contributed by atoms with Gasteiger partial charge in [-0.05, 0) is 12.1 Å². The van der Waals surface area contributed by atoms with E-state index in [4.69, 9.17) is 4.52 Å². The zero-order chi connectivity index (χ0) is 17.8. The molecule has 1 aromatic carbocycles. The Morgan fingerprint density at radius 3 is 2.85 bits per heavy atom. The lowest BCUT2D eigenvalue weighted by Gasteiger charge is -1.99. The number of H-pyrrole nitrogens is 1. The van der Waals surface area contributed by atoms with Crippen LogP contribution in [0.5, 0.6) is 0 Å². The van der Waals surface area contributed by atoms with E-state index in [9.17, 15) is 4.79 Å². The van der Waals surface area contributed by atoms with E-state index >= 15 is 0 Å². The third-order valence-corrected chi connectivity index (χ3v) is 4.45. The fourth-order valence-corrected chi connectivity index (χ4v) is 3.13. The molecular formula is C18H15N5O2S. The Balaban J connectivity index is 1.32. The highest BCUT2D eigenvalue weighted by molar-refractivity contribution is 7.14. The quantitative estimate of drug-likeness (QED) is 0.542. The van der Waals surface area contributed by atoms with E-state index in [1.165, 1.54) is 11.3 Å². The van der Waals surface area contributed by atoms with Crippen molar-refractivity contribution in [2.75, 3.05) is 5.32 Å². The van der Waals surface area contributed by atoms with Crippen LogP contribution in [0.3, 0.4) is 0 Å². The smallest absolute Gasteiger partial charge is 0.227 e. The number of carbonyl (C=O) groups is 1. The molecule has 8 heteroatoms. The number of rotatable bonds is 6. The molecule has 0 aliphatic rings. The summed E-state index contributed by atoms with van der Waals surface area (Å²) in [5.74, 6) is 0.818. The summed E-state index contributed by atoms with van der Waals surface area (Å²) in [5.41, 5.74) is 2.60. The van der Waals surface area contributed by atoms with Crippen molar-refractivity contribution in [1.29, 1.82) is 0 Å². The normalized spacial score (nSPS) is 10.8. The second kappa shape index (κ2) is 7.32. The molecule has 0 saturated carbocycles. The molecule has 7 nitrogen and oxygen atoms in total. The molecule has 0 aliphatic carbocycles. The molecule has 130 valence electrons. The van der Waals surface area contributed by atoms with Crippen LogP contribution < -0.4 is 5.32 Å². The highest BCUT2D eigenvalue weighted by Gasteiger charge is 2.12. The van der Waals surface area contributed by atoms with E-state index in [0.717, 1.165) is 17.0 Å². The van der Waals surface area contributed by atoms with Gasteiger partial charge in [-0.1, -0.05) is 35.5 Å². The van der Waals surface area contributed by atoms with Crippen molar-refractivity contribution in [2.45, 2.75) is 12.8 Å². The Morgan fingerprint density at radius 1 is 1.15 bits per heavy atom. The number of nitrogens with one attached hydrogen (secondary N) is 2. The lowest BCUT2D eigenvalue weighted by molar-refractivity contribution is -0.116. The molecule has 3 heterocycles. The SMILES string of the molecule is O=C(CCc1nc(-c2ccccc2)no1)Nc1nc(-c2ccc[nH]2)cs1. The molecule has 0 spiro atoms. The molecule has 26 heavy (non-hydrogen) atoms. The average molecular weight is 365 g/mol. The van der Waals surface area contributed by atoms with Crippen molar-refractivity contribution in [1.82, 2.24) is 20.1 Å². The topological polar surface area (TPSA) is 96.7 Å². The van der Waals surface area contributed by atoms with E-state index in [2.05, 4.69) is 25.4 Å². The number of carbonyl (C=O) groups excluding carboxylic acids is 1. The number of aryl methyl sites for hydroxylation is 1. The van der Waals surface area contributed by atoms with Crippen LogP contribution in [0.1, 0.15) is 12.3 Å². The van der Waals surface area contributed by atoms with Gasteiger partial charge < -0.3 is 14.8 Å². The van der Waals surface area contributed by atoms with Crippen LogP contribution >= 0.6 is 11.3 Å². The van der Waals surface area contributed by atoms with E-state index in [1.54, 1.807) is 0 Å². The predicted octanol–water partition coefficient (Wildman–Crippen LogP) is 3.76. The van der Waals surface area contributed by atoms with Gasteiger partial charge in [0.15, 0.2) is 5.13 Å². The van der Waals surface area contributed by atoms with Gasteiger partial charge in [0, 0.05) is 30.0 Å². The molecular weight excluding hydrogens is 350 g/mol. The van der Waals surface area contributed by atoms with E-state index in [-0.39, 0.29) is 12.3 Å². The Morgan fingerprint density at radius 2 is 2.04 bits per heavy atom. The maximum Gasteiger partial charge on any atom is 0.227 e. The van der Waals surface area contributed by atoms with Crippen molar-refractivity contribution < 1.29 is 9.32 Å². The first-order valence-corrected chi connectivity index (χ1v) is 8.93. The van der Waals surface area contributed by atoms with Gasteiger partial charge in [-0.15, -0.1) is 11.3 Å². The van der Waals surface area contributed by atoms with Gasteiger partial charge in [0.05, 0.1) is 11.4 Å². The fraction of sp³-hybridized carbons (Fsp3) is 0.111. The number of thiazole rings is 1. The summed E-state index contributed by atoms with van der Waals surface area (Å²) in [6.45, 7) is 0. The first-order chi connectivity index (χ1) is 12.8. The number of aromatic nitrogens is 4. The summed E-state index contributed by atoms with van der Waals surface area (Å²) in [5, 5.41) is 9.21. The van der Waals surface area contributed by atoms with Crippen molar-refractivity contribution in [3.05, 3.63) is 59.9 Å². The second-order valence-electron chi connectivity index (χ2n) is 5.55. The number of hydrogen-bond acceptors (Lipinski definition) is 6.